The summed E-state index contributed by atoms with van der Waals surface area (Å²) in [6.07, 6.45) is 5.20. The molecule has 1 N–H and O–H groups in total. The molecule has 5 nitrogen and oxygen atoms in total. The third-order valence-corrected chi connectivity index (χ3v) is 3.79. The highest BCUT2D eigenvalue weighted by Gasteiger charge is 2.29. The smallest absolute Gasteiger partial charge is 0.225 e. The highest BCUT2D eigenvalue weighted by Crippen LogP contribution is 2.18. The molecule has 1 aromatic rings. The van der Waals surface area contributed by atoms with Crippen molar-refractivity contribution in [2.24, 2.45) is 11.8 Å². The number of aromatic nitrogens is 1. The molecule has 0 aliphatic carbocycles. The number of likely N-dealkylation sites (tertiary alicyclic amines) is 1. The summed E-state index contributed by atoms with van der Waals surface area (Å²) in [5, 5.41) is 2.94. The summed E-state index contributed by atoms with van der Waals surface area (Å²) in [7, 11) is 0. The molecule has 1 atom stereocenters. The standard InChI is InChI=1S/C16H23N3O2/c1-12(2)16(21)19-8-4-6-14(11-19)15(20)18-10-13-5-3-7-17-9-13/h3,5,7,9,12,14H,4,6,8,10-11H2,1-2H3,(H,18,20)/t14-/m0/s1. The predicted octanol–water partition coefficient (Wildman–Crippen LogP) is 1.59. The summed E-state index contributed by atoms with van der Waals surface area (Å²) >= 11 is 0. The number of nitrogens with zero attached hydrogens (tertiary/aromatic N) is 2. The minimum Gasteiger partial charge on any atom is -0.352 e. The fourth-order valence-electron chi connectivity index (χ4n) is 2.59. The first-order chi connectivity index (χ1) is 10.1. The Kier molecular flexibility index (Phi) is 5.31. The van der Waals surface area contributed by atoms with Gasteiger partial charge in [0.1, 0.15) is 0 Å². The van der Waals surface area contributed by atoms with Crippen LogP contribution in [0.2, 0.25) is 0 Å². The minimum atomic E-state index is -0.0990. The third kappa shape index (κ3) is 4.28. The zero-order chi connectivity index (χ0) is 15.2. The Balaban J connectivity index is 1.86. The second kappa shape index (κ2) is 7.20. The van der Waals surface area contributed by atoms with E-state index in [2.05, 4.69) is 10.3 Å². The van der Waals surface area contributed by atoms with E-state index in [1.807, 2.05) is 30.9 Å². The molecule has 21 heavy (non-hydrogen) atoms. The van der Waals surface area contributed by atoms with E-state index >= 15 is 0 Å². The number of carbonyl (C=O) groups is 2. The lowest BCUT2D eigenvalue weighted by atomic mass is 9.96. The molecule has 114 valence electrons. The quantitative estimate of drug-likeness (QED) is 0.915. The number of rotatable bonds is 4. The number of piperidine rings is 1. The SMILES string of the molecule is CC(C)C(=O)N1CCC[C@H](C(=O)NCc2cccnc2)C1. The molecule has 1 saturated heterocycles. The molecular formula is C16H23N3O2. The van der Waals surface area contributed by atoms with Crippen molar-refractivity contribution >= 4 is 11.8 Å². The molecule has 2 amide bonds. The van der Waals surface area contributed by atoms with Crippen molar-refractivity contribution in [2.45, 2.75) is 33.2 Å². The number of hydrogen-bond acceptors (Lipinski definition) is 3. The van der Waals surface area contributed by atoms with Gasteiger partial charge >= 0.3 is 0 Å². The van der Waals surface area contributed by atoms with E-state index < -0.39 is 0 Å². The van der Waals surface area contributed by atoms with Crippen molar-refractivity contribution in [1.82, 2.24) is 15.2 Å². The molecule has 5 heteroatoms. The third-order valence-electron chi connectivity index (χ3n) is 3.79. The monoisotopic (exact) mass is 289 g/mol. The van der Waals surface area contributed by atoms with Crippen LogP contribution in [0.3, 0.4) is 0 Å². The second-order valence-electron chi connectivity index (χ2n) is 5.86. The summed E-state index contributed by atoms with van der Waals surface area (Å²) in [5.74, 6) is 0.0557. The molecule has 0 bridgehead atoms. The van der Waals surface area contributed by atoms with Gasteiger partial charge in [0.25, 0.3) is 0 Å². The van der Waals surface area contributed by atoms with E-state index in [9.17, 15) is 9.59 Å². The molecule has 0 aromatic carbocycles. The van der Waals surface area contributed by atoms with Crippen molar-refractivity contribution in [3.05, 3.63) is 30.1 Å². The number of carbonyl (C=O) groups excluding carboxylic acids is 2. The van der Waals surface area contributed by atoms with E-state index in [1.54, 1.807) is 12.4 Å². The van der Waals surface area contributed by atoms with Crippen LogP contribution >= 0.6 is 0 Å². The van der Waals surface area contributed by atoms with Gasteiger partial charge in [0, 0.05) is 37.9 Å². The first kappa shape index (κ1) is 15.5. The van der Waals surface area contributed by atoms with Gasteiger partial charge in [-0.25, -0.2) is 0 Å². The Morgan fingerprint density at radius 1 is 1.48 bits per heavy atom. The average molecular weight is 289 g/mol. The maximum atomic E-state index is 12.2. The first-order valence-electron chi connectivity index (χ1n) is 7.53. The lowest BCUT2D eigenvalue weighted by Gasteiger charge is -2.33. The highest BCUT2D eigenvalue weighted by molar-refractivity contribution is 5.82. The van der Waals surface area contributed by atoms with Gasteiger partial charge in [0.2, 0.25) is 11.8 Å². The number of pyridine rings is 1. The van der Waals surface area contributed by atoms with Crippen LogP contribution in [0.5, 0.6) is 0 Å². The van der Waals surface area contributed by atoms with E-state index in [1.165, 1.54) is 0 Å². The molecular weight excluding hydrogens is 266 g/mol. The summed E-state index contributed by atoms with van der Waals surface area (Å²) in [5.41, 5.74) is 0.983. The van der Waals surface area contributed by atoms with Crippen LogP contribution in [0.1, 0.15) is 32.3 Å². The molecule has 1 aromatic heterocycles. The van der Waals surface area contributed by atoms with Gasteiger partial charge in [-0.1, -0.05) is 19.9 Å². The van der Waals surface area contributed by atoms with Crippen LogP contribution in [0, 0.1) is 11.8 Å². The van der Waals surface area contributed by atoms with Crippen LogP contribution in [-0.4, -0.2) is 34.8 Å². The Morgan fingerprint density at radius 2 is 2.29 bits per heavy atom. The zero-order valence-electron chi connectivity index (χ0n) is 12.7. The van der Waals surface area contributed by atoms with Crippen molar-refractivity contribution < 1.29 is 9.59 Å². The molecule has 2 rings (SSSR count). The first-order valence-corrected chi connectivity index (χ1v) is 7.53. The maximum absolute atomic E-state index is 12.2. The van der Waals surface area contributed by atoms with E-state index in [0.717, 1.165) is 24.9 Å². The van der Waals surface area contributed by atoms with E-state index in [4.69, 9.17) is 0 Å². The van der Waals surface area contributed by atoms with Crippen molar-refractivity contribution in [1.29, 1.82) is 0 Å². The predicted molar refractivity (Wildman–Crippen MR) is 80.2 cm³/mol. The van der Waals surface area contributed by atoms with Crippen LogP contribution in [0.25, 0.3) is 0 Å². The molecule has 1 fully saturated rings. The van der Waals surface area contributed by atoms with Gasteiger partial charge in [-0.3, -0.25) is 14.6 Å². The van der Waals surface area contributed by atoms with Crippen LogP contribution in [-0.2, 0) is 16.1 Å². The Hall–Kier alpha value is -1.91. The fraction of sp³-hybridized carbons (Fsp3) is 0.562. The van der Waals surface area contributed by atoms with Crippen molar-refractivity contribution in [3.8, 4) is 0 Å². The van der Waals surface area contributed by atoms with Gasteiger partial charge in [-0.05, 0) is 24.5 Å². The van der Waals surface area contributed by atoms with Crippen LogP contribution in [0.4, 0.5) is 0 Å². The van der Waals surface area contributed by atoms with Gasteiger partial charge in [0.05, 0.1) is 5.92 Å². The summed E-state index contributed by atoms with van der Waals surface area (Å²) in [4.78, 5) is 30.1. The lowest BCUT2D eigenvalue weighted by Crippen LogP contribution is -2.46. The Morgan fingerprint density at radius 3 is 2.95 bits per heavy atom. The van der Waals surface area contributed by atoms with Gasteiger partial charge in [-0.15, -0.1) is 0 Å². The summed E-state index contributed by atoms with van der Waals surface area (Å²) in [6, 6.07) is 3.79. The molecule has 0 unspecified atom stereocenters. The fourth-order valence-corrected chi connectivity index (χ4v) is 2.59. The Bertz CT molecular complexity index is 488. The number of amides is 2. The van der Waals surface area contributed by atoms with E-state index in [-0.39, 0.29) is 23.7 Å². The van der Waals surface area contributed by atoms with Crippen molar-refractivity contribution in [2.75, 3.05) is 13.1 Å². The molecule has 1 aliphatic heterocycles. The van der Waals surface area contributed by atoms with E-state index in [0.29, 0.717) is 13.1 Å². The average Bonchev–Trinajstić information content (AvgIpc) is 2.53. The lowest BCUT2D eigenvalue weighted by molar-refractivity contribution is -0.138. The maximum Gasteiger partial charge on any atom is 0.225 e. The molecule has 0 saturated carbocycles. The van der Waals surface area contributed by atoms with Crippen LogP contribution < -0.4 is 5.32 Å². The largest absolute Gasteiger partial charge is 0.352 e. The molecule has 0 spiro atoms. The highest BCUT2D eigenvalue weighted by atomic mass is 16.2. The normalized spacial score (nSPS) is 18.6. The van der Waals surface area contributed by atoms with Crippen molar-refractivity contribution in [3.63, 3.8) is 0 Å². The Labute approximate surface area is 125 Å². The molecule has 2 heterocycles. The number of hydrogen-bond donors (Lipinski definition) is 1. The molecule has 0 radical (unpaired) electrons. The van der Waals surface area contributed by atoms with Gasteiger partial charge in [-0.2, -0.15) is 0 Å². The minimum absolute atomic E-state index is 0.0118. The topological polar surface area (TPSA) is 62.3 Å². The van der Waals surface area contributed by atoms with Gasteiger partial charge < -0.3 is 10.2 Å². The molecule has 1 aliphatic rings. The summed E-state index contributed by atoms with van der Waals surface area (Å²) in [6.45, 7) is 5.59. The van der Waals surface area contributed by atoms with Crippen LogP contribution in [0.15, 0.2) is 24.5 Å². The van der Waals surface area contributed by atoms with Gasteiger partial charge in [0.15, 0.2) is 0 Å². The zero-order valence-corrected chi connectivity index (χ0v) is 12.7. The number of nitrogens with one attached hydrogen (secondary N) is 1. The second-order valence-corrected chi connectivity index (χ2v) is 5.86. The summed E-state index contributed by atoms with van der Waals surface area (Å²) < 4.78 is 0.